The minimum absolute atomic E-state index is 0.105. The lowest BCUT2D eigenvalue weighted by Crippen LogP contribution is -2.41. The first-order valence-corrected chi connectivity index (χ1v) is 7.12. The summed E-state index contributed by atoms with van der Waals surface area (Å²) >= 11 is 0. The molecule has 1 aromatic rings. The molecule has 0 aromatic heterocycles. The maximum atomic E-state index is 5.44. The maximum absolute atomic E-state index is 5.44. The van der Waals surface area contributed by atoms with Crippen molar-refractivity contribution in [1.29, 1.82) is 0 Å². The fraction of sp³-hybridized carbons (Fsp3) is 0.556. The van der Waals surface area contributed by atoms with Crippen LogP contribution in [-0.4, -0.2) is 12.1 Å². The molecule has 0 fully saturated rings. The fourth-order valence-corrected chi connectivity index (χ4v) is 2.60. The van der Waals surface area contributed by atoms with Gasteiger partial charge in [0.05, 0.1) is 0 Å². The van der Waals surface area contributed by atoms with Crippen LogP contribution in [0.2, 0.25) is 0 Å². The summed E-state index contributed by atoms with van der Waals surface area (Å²) in [5.41, 5.74) is 1.63. The van der Waals surface area contributed by atoms with E-state index in [1.807, 2.05) is 18.2 Å². The quantitative estimate of drug-likeness (QED) is 0.791. The van der Waals surface area contributed by atoms with Crippen LogP contribution in [0.15, 0.2) is 24.3 Å². The van der Waals surface area contributed by atoms with Gasteiger partial charge in [-0.25, -0.2) is 0 Å². The molecular formula is C18H27NO. The molecule has 0 atom stereocenters. The number of rotatable bonds is 6. The van der Waals surface area contributed by atoms with Gasteiger partial charge in [-0.3, -0.25) is 0 Å². The van der Waals surface area contributed by atoms with E-state index in [0.29, 0.717) is 12.0 Å². The Morgan fingerprint density at radius 1 is 1.20 bits per heavy atom. The van der Waals surface area contributed by atoms with Crippen molar-refractivity contribution in [3.05, 3.63) is 29.8 Å². The zero-order valence-electron chi connectivity index (χ0n) is 13.4. The van der Waals surface area contributed by atoms with E-state index in [4.69, 9.17) is 11.2 Å². The molecule has 1 rings (SSSR count). The smallest absolute Gasteiger partial charge is 0.148 e. The van der Waals surface area contributed by atoms with Gasteiger partial charge in [-0.15, -0.1) is 6.42 Å². The molecule has 0 saturated carbocycles. The highest BCUT2D eigenvalue weighted by Crippen LogP contribution is 2.27. The number of terminal acetylenes is 1. The molecule has 0 aliphatic heterocycles. The number of hydrogen-bond acceptors (Lipinski definition) is 2. The van der Waals surface area contributed by atoms with E-state index in [-0.39, 0.29) is 5.54 Å². The van der Waals surface area contributed by atoms with Gasteiger partial charge in [-0.1, -0.05) is 38.8 Å². The molecule has 2 heteroatoms. The van der Waals surface area contributed by atoms with Crippen LogP contribution in [0, 0.1) is 17.8 Å². The summed E-state index contributed by atoms with van der Waals surface area (Å²) in [7, 11) is 0. The topological polar surface area (TPSA) is 21.3 Å². The Morgan fingerprint density at radius 2 is 1.90 bits per heavy atom. The lowest BCUT2D eigenvalue weighted by molar-refractivity contribution is 0.240. The van der Waals surface area contributed by atoms with Crippen LogP contribution < -0.4 is 10.1 Å². The molecule has 1 N–H and O–H groups in total. The van der Waals surface area contributed by atoms with Crippen LogP contribution in [0.25, 0.3) is 0 Å². The van der Waals surface area contributed by atoms with Crippen molar-refractivity contribution < 1.29 is 4.74 Å². The van der Waals surface area contributed by atoms with E-state index in [0.717, 1.165) is 18.7 Å². The standard InChI is InChI=1S/C18H27NO/c1-7-11-20-16-10-8-9-15(12-16)13-19-18(5,6)14-17(2,3)4/h1,8-10,12,19H,11,13-14H2,2-6H3. The average molecular weight is 273 g/mol. The zero-order chi connectivity index (χ0) is 15.2. The van der Waals surface area contributed by atoms with Gasteiger partial charge in [0.2, 0.25) is 0 Å². The molecule has 0 saturated heterocycles. The Hall–Kier alpha value is -1.46. The van der Waals surface area contributed by atoms with Gasteiger partial charge in [0.15, 0.2) is 0 Å². The summed E-state index contributed by atoms with van der Waals surface area (Å²) in [4.78, 5) is 0. The van der Waals surface area contributed by atoms with Crippen molar-refractivity contribution in [3.63, 3.8) is 0 Å². The Bertz CT molecular complexity index is 463. The molecular weight excluding hydrogens is 246 g/mol. The molecule has 20 heavy (non-hydrogen) atoms. The van der Waals surface area contributed by atoms with E-state index in [1.165, 1.54) is 5.56 Å². The highest BCUT2D eigenvalue weighted by Gasteiger charge is 2.24. The second-order valence-electron chi connectivity index (χ2n) is 7.12. The van der Waals surface area contributed by atoms with Crippen LogP contribution in [0.3, 0.4) is 0 Å². The molecule has 0 aliphatic rings. The van der Waals surface area contributed by atoms with Crippen LogP contribution >= 0.6 is 0 Å². The Balaban J connectivity index is 2.59. The molecule has 0 bridgehead atoms. The van der Waals surface area contributed by atoms with Gasteiger partial charge < -0.3 is 10.1 Å². The summed E-state index contributed by atoms with van der Waals surface area (Å²) in [6, 6.07) is 8.07. The fourth-order valence-electron chi connectivity index (χ4n) is 2.60. The molecule has 0 heterocycles. The monoisotopic (exact) mass is 273 g/mol. The molecule has 0 spiro atoms. The number of ether oxygens (including phenoxy) is 1. The average Bonchev–Trinajstić information content (AvgIpc) is 2.32. The lowest BCUT2D eigenvalue weighted by atomic mass is 9.82. The Kier molecular flexibility index (Phi) is 5.65. The van der Waals surface area contributed by atoms with Crippen LogP contribution in [0.4, 0.5) is 0 Å². The number of benzene rings is 1. The minimum Gasteiger partial charge on any atom is -0.481 e. The highest BCUT2D eigenvalue weighted by molar-refractivity contribution is 5.28. The Labute approximate surface area is 123 Å². The summed E-state index contributed by atoms with van der Waals surface area (Å²) in [6.07, 6.45) is 6.32. The highest BCUT2D eigenvalue weighted by atomic mass is 16.5. The molecule has 0 unspecified atom stereocenters. The third-order valence-electron chi connectivity index (χ3n) is 2.96. The molecule has 1 aromatic carbocycles. The molecule has 2 nitrogen and oxygen atoms in total. The lowest BCUT2D eigenvalue weighted by Gasteiger charge is -2.33. The maximum Gasteiger partial charge on any atom is 0.148 e. The van der Waals surface area contributed by atoms with Crippen molar-refractivity contribution in [2.24, 2.45) is 5.41 Å². The van der Waals surface area contributed by atoms with E-state index in [1.54, 1.807) is 0 Å². The largest absolute Gasteiger partial charge is 0.481 e. The predicted octanol–water partition coefficient (Wildman–Crippen LogP) is 4.00. The van der Waals surface area contributed by atoms with Crippen molar-refractivity contribution in [2.75, 3.05) is 6.61 Å². The van der Waals surface area contributed by atoms with Gasteiger partial charge in [0.25, 0.3) is 0 Å². The molecule has 110 valence electrons. The number of nitrogens with one attached hydrogen (secondary N) is 1. The first-order valence-electron chi connectivity index (χ1n) is 7.12. The second-order valence-corrected chi connectivity index (χ2v) is 7.12. The molecule has 0 amide bonds. The normalized spacial score (nSPS) is 12.0. The van der Waals surface area contributed by atoms with Crippen molar-refractivity contribution in [2.45, 2.75) is 53.1 Å². The van der Waals surface area contributed by atoms with Crippen LogP contribution in [-0.2, 0) is 6.54 Å². The van der Waals surface area contributed by atoms with Crippen LogP contribution in [0.1, 0.15) is 46.6 Å². The van der Waals surface area contributed by atoms with Gasteiger partial charge in [-0.05, 0) is 43.4 Å². The van der Waals surface area contributed by atoms with Crippen molar-refractivity contribution >= 4 is 0 Å². The van der Waals surface area contributed by atoms with E-state index in [2.05, 4.69) is 51.9 Å². The second kappa shape index (κ2) is 6.81. The Morgan fingerprint density at radius 3 is 2.50 bits per heavy atom. The first-order chi connectivity index (χ1) is 9.22. The molecule has 0 aliphatic carbocycles. The summed E-state index contributed by atoms with van der Waals surface area (Å²) in [5, 5.41) is 3.62. The minimum atomic E-state index is 0.105. The van der Waals surface area contributed by atoms with Crippen molar-refractivity contribution in [1.82, 2.24) is 5.32 Å². The SMILES string of the molecule is C#CCOc1cccc(CNC(C)(C)CC(C)(C)C)c1. The van der Waals surface area contributed by atoms with Gasteiger partial charge in [0, 0.05) is 12.1 Å². The molecule has 0 radical (unpaired) electrons. The van der Waals surface area contributed by atoms with E-state index in [9.17, 15) is 0 Å². The third-order valence-corrected chi connectivity index (χ3v) is 2.96. The third kappa shape index (κ3) is 6.63. The van der Waals surface area contributed by atoms with Gasteiger partial charge >= 0.3 is 0 Å². The predicted molar refractivity (Wildman–Crippen MR) is 85.8 cm³/mol. The van der Waals surface area contributed by atoms with Crippen LogP contribution in [0.5, 0.6) is 5.75 Å². The number of hydrogen-bond donors (Lipinski definition) is 1. The summed E-state index contributed by atoms with van der Waals surface area (Å²) in [5.74, 6) is 3.31. The zero-order valence-corrected chi connectivity index (χ0v) is 13.4. The summed E-state index contributed by atoms with van der Waals surface area (Å²) < 4.78 is 5.44. The summed E-state index contributed by atoms with van der Waals surface area (Å²) in [6.45, 7) is 12.4. The van der Waals surface area contributed by atoms with E-state index < -0.39 is 0 Å². The van der Waals surface area contributed by atoms with Gasteiger partial charge in [-0.2, -0.15) is 0 Å². The first kappa shape index (κ1) is 16.6. The van der Waals surface area contributed by atoms with Crippen molar-refractivity contribution in [3.8, 4) is 18.1 Å². The van der Waals surface area contributed by atoms with E-state index >= 15 is 0 Å². The van der Waals surface area contributed by atoms with Gasteiger partial charge in [0.1, 0.15) is 12.4 Å².